The highest BCUT2D eigenvalue weighted by molar-refractivity contribution is 5.23. The first-order valence-corrected chi connectivity index (χ1v) is 5.19. The molecular formula is C12H18FNO. The molecule has 0 saturated heterocycles. The van der Waals surface area contributed by atoms with Crippen molar-refractivity contribution in [2.75, 3.05) is 13.2 Å². The summed E-state index contributed by atoms with van der Waals surface area (Å²) in [5, 5.41) is 0. The van der Waals surface area contributed by atoms with Crippen LogP contribution in [0.4, 0.5) is 4.39 Å². The second kappa shape index (κ2) is 5.24. The molecule has 0 aliphatic carbocycles. The Balaban J connectivity index is 2.67. The van der Waals surface area contributed by atoms with E-state index in [4.69, 9.17) is 10.5 Å². The van der Waals surface area contributed by atoms with Crippen LogP contribution in [0.1, 0.15) is 25.8 Å². The summed E-state index contributed by atoms with van der Waals surface area (Å²) in [6.07, 6.45) is 0.685. The van der Waals surface area contributed by atoms with E-state index in [0.29, 0.717) is 19.6 Å². The number of benzene rings is 1. The van der Waals surface area contributed by atoms with E-state index in [0.717, 1.165) is 5.56 Å². The molecule has 0 saturated carbocycles. The lowest BCUT2D eigenvalue weighted by atomic mass is 9.90. The number of nitrogens with two attached hydrogens (primary N) is 1. The number of rotatable bonds is 5. The molecule has 0 aliphatic heterocycles. The van der Waals surface area contributed by atoms with Crippen LogP contribution in [0, 0.1) is 5.82 Å². The molecule has 1 unspecified atom stereocenters. The van der Waals surface area contributed by atoms with E-state index < -0.39 is 5.54 Å². The van der Waals surface area contributed by atoms with Gasteiger partial charge in [-0.15, -0.1) is 0 Å². The summed E-state index contributed by atoms with van der Waals surface area (Å²) in [5.74, 6) is -0.249. The minimum atomic E-state index is -0.530. The van der Waals surface area contributed by atoms with Gasteiger partial charge in [-0.3, -0.25) is 0 Å². The highest BCUT2D eigenvalue weighted by atomic mass is 19.1. The quantitative estimate of drug-likeness (QED) is 0.759. The van der Waals surface area contributed by atoms with Gasteiger partial charge in [-0.25, -0.2) is 4.39 Å². The van der Waals surface area contributed by atoms with Gasteiger partial charge in [0, 0.05) is 18.8 Å². The molecule has 0 aromatic heterocycles. The van der Waals surface area contributed by atoms with E-state index in [9.17, 15) is 4.39 Å². The van der Waals surface area contributed by atoms with Crippen LogP contribution in [-0.4, -0.2) is 13.2 Å². The Bertz CT molecular complexity index is 312. The molecule has 1 atom stereocenters. The predicted octanol–water partition coefficient (Wildman–Crippen LogP) is 2.43. The summed E-state index contributed by atoms with van der Waals surface area (Å²) < 4.78 is 18.2. The van der Waals surface area contributed by atoms with Crippen LogP contribution in [0.15, 0.2) is 24.3 Å². The monoisotopic (exact) mass is 211 g/mol. The number of hydrogen-bond acceptors (Lipinski definition) is 2. The van der Waals surface area contributed by atoms with Crippen molar-refractivity contribution in [3.05, 3.63) is 35.6 Å². The fourth-order valence-corrected chi connectivity index (χ4v) is 1.42. The Morgan fingerprint density at radius 2 is 2.20 bits per heavy atom. The molecule has 15 heavy (non-hydrogen) atoms. The molecule has 0 amide bonds. The van der Waals surface area contributed by atoms with E-state index in [1.165, 1.54) is 12.1 Å². The molecule has 0 radical (unpaired) electrons. The number of hydrogen-bond donors (Lipinski definition) is 1. The highest BCUT2D eigenvalue weighted by Gasteiger charge is 2.20. The largest absolute Gasteiger partial charge is 0.382 e. The van der Waals surface area contributed by atoms with Gasteiger partial charge in [-0.05, 0) is 38.0 Å². The van der Waals surface area contributed by atoms with E-state index in [2.05, 4.69) is 0 Å². The molecule has 1 rings (SSSR count). The Hall–Kier alpha value is -0.930. The van der Waals surface area contributed by atoms with Crippen LogP contribution < -0.4 is 5.73 Å². The maximum absolute atomic E-state index is 13.0. The van der Waals surface area contributed by atoms with Crippen LogP contribution in [0.5, 0.6) is 0 Å². The third-order valence-electron chi connectivity index (χ3n) is 2.45. The van der Waals surface area contributed by atoms with Crippen molar-refractivity contribution in [1.29, 1.82) is 0 Å². The molecule has 0 fully saturated rings. The average molecular weight is 211 g/mol. The molecule has 0 bridgehead atoms. The molecule has 3 heteroatoms. The number of halogens is 1. The molecule has 1 aromatic rings. The van der Waals surface area contributed by atoms with E-state index in [1.807, 2.05) is 19.9 Å². The summed E-state index contributed by atoms with van der Waals surface area (Å²) in [6.45, 7) is 5.11. The van der Waals surface area contributed by atoms with Crippen molar-refractivity contribution in [1.82, 2.24) is 0 Å². The van der Waals surface area contributed by atoms with Crippen molar-refractivity contribution in [3.8, 4) is 0 Å². The van der Waals surface area contributed by atoms with Gasteiger partial charge in [0.25, 0.3) is 0 Å². The lowest BCUT2D eigenvalue weighted by molar-refractivity contribution is 0.128. The van der Waals surface area contributed by atoms with Gasteiger partial charge in [0.2, 0.25) is 0 Å². The first-order chi connectivity index (χ1) is 7.06. The average Bonchev–Trinajstić information content (AvgIpc) is 2.18. The third-order valence-corrected chi connectivity index (χ3v) is 2.45. The summed E-state index contributed by atoms with van der Waals surface area (Å²) in [4.78, 5) is 0. The van der Waals surface area contributed by atoms with Crippen LogP contribution >= 0.6 is 0 Å². The van der Waals surface area contributed by atoms with Gasteiger partial charge in [0.1, 0.15) is 5.82 Å². The maximum Gasteiger partial charge on any atom is 0.123 e. The summed E-state index contributed by atoms with van der Waals surface area (Å²) >= 11 is 0. The van der Waals surface area contributed by atoms with Gasteiger partial charge >= 0.3 is 0 Å². The zero-order valence-corrected chi connectivity index (χ0v) is 9.29. The molecular weight excluding hydrogens is 193 g/mol. The van der Waals surface area contributed by atoms with Crippen LogP contribution in [0.25, 0.3) is 0 Å². The van der Waals surface area contributed by atoms with Crippen molar-refractivity contribution in [2.45, 2.75) is 25.8 Å². The zero-order valence-electron chi connectivity index (χ0n) is 9.29. The second-order valence-electron chi connectivity index (χ2n) is 3.87. The fourth-order valence-electron chi connectivity index (χ4n) is 1.42. The lowest BCUT2D eigenvalue weighted by Gasteiger charge is -2.25. The highest BCUT2D eigenvalue weighted by Crippen LogP contribution is 2.22. The SMILES string of the molecule is CCOCCC(C)(N)c1cccc(F)c1. The van der Waals surface area contributed by atoms with Crippen molar-refractivity contribution >= 4 is 0 Å². The van der Waals surface area contributed by atoms with Gasteiger partial charge in [0.05, 0.1) is 0 Å². The van der Waals surface area contributed by atoms with Crippen LogP contribution in [-0.2, 0) is 10.3 Å². The molecule has 0 spiro atoms. The third kappa shape index (κ3) is 3.61. The predicted molar refractivity (Wildman–Crippen MR) is 59.0 cm³/mol. The fraction of sp³-hybridized carbons (Fsp3) is 0.500. The molecule has 84 valence electrons. The minimum Gasteiger partial charge on any atom is -0.382 e. The molecule has 0 aliphatic rings. The first kappa shape index (κ1) is 12.1. The summed E-state index contributed by atoms with van der Waals surface area (Å²) in [6, 6.07) is 6.42. The molecule has 2 nitrogen and oxygen atoms in total. The topological polar surface area (TPSA) is 35.2 Å². The van der Waals surface area contributed by atoms with Crippen LogP contribution in [0.2, 0.25) is 0 Å². The van der Waals surface area contributed by atoms with Crippen molar-refractivity contribution < 1.29 is 9.13 Å². The zero-order chi connectivity index (χ0) is 11.3. The molecule has 0 heterocycles. The van der Waals surface area contributed by atoms with Gasteiger partial charge in [-0.1, -0.05) is 12.1 Å². The van der Waals surface area contributed by atoms with Crippen LogP contribution in [0.3, 0.4) is 0 Å². The standard InChI is InChI=1S/C12H18FNO/c1-3-15-8-7-12(2,14)10-5-4-6-11(13)9-10/h4-6,9H,3,7-8,14H2,1-2H3. The molecule has 1 aromatic carbocycles. The number of ether oxygens (including phenoxy) is 1. The summed E-state index contributed by atoms with van der Waals surface area (Å²) in [7, 11) is 0. The van der Waals surface area contributed by atoms with Crippen molar-refractivity contribution in [2.24, 2.45) is 5.73 Å². The van der Waals surface area contributed by atoms with Gasteiger partial charge in [-0.2, -0.15) is 0 Å². The maximum atomic E-state index is 13.0. The Labute approximate surface area is 90.2 Å². The normalized spacial score (nSPS) is 14.9. The summed E-state index contributed by atoms with van der Waals surface area (Å²) in [5.41, 5.74) is 6.38. The van der Waals surface area contributed by atoms with Gasteiger partial charge < -0.3 is 10.5 Å². The van der Waals surface area contributed by atoms with E-state index in [1.54, 1.807) is 6.07 Å². The second-order valence-corrected chi connectivity index (χ2v) is 3.87. The Morgan fingerprint density at radius 3 is 2.80 bits per heavy atom. The lowest BCUT2D eigenvalue weighted by Crippen LogP contribution is -2.34. The van der Waals surface area contributed by atoms with Crippen molar-refractivity contribution in [3.63, 3.8) is 0 Å². The molecule has 2 N–H and O–H groups in total. The van der Waals surface area contributed by atoms with E-state index >= 15 is 0 Å². The first-order valence-electron chi connectivity index (χ1n) is 5.19. The van der Waals surface area contributed by atoms with Gasteiger partial charge in [0.15, 0.2) is 0 Å². The Morgan fingerprint density at radius 1 is 1.47 bits per heavy atom. The minimum absolute atomic E-state index is 0.249. The Kier molecular flexibility index (Phi) is 4.24. The smallest absolute Gasteiger partial charge is 0.123 e. The van der Waals surface area contributed by atoms with E-state index in [-0.39, 0.29) is 5.82 Å².